The van der Waals surface area contributed by atoms with E-state index in [9.17, 15) is 0 Å². The zero-order valence-corrected chi connectivity index (χ0v) is 11.5. The van der Waals surface area contributed by atoms with E-state index in [4.69, 9.17) is 10.5 Å². The van der Waals surface area contributed by atoms with Crippen molar-refractivity contribution in [3.8, 4) is 5.75 Å². The van der Waals surface area contributed by atoms with Gasteiger partial charge in [0.15, 0.2) is 0 Å². The predicted octanol–water partition coefficient (Wildman–Crippen LogP) is 3.57. The first-order chi connectivity index (χ1) is 9.81. The Morgan fingerprint density at radius 1 is 1.05 bits per heavy atom. The van der Waals surface area contributed by atoms with Crippen LogP contribution in [0.3, 0.4) is 0 Å². The highest BCUT2D eigenvalue weighted by molar-refractivity contribution is 5.43. The lowest BCUT2D eigenvalue weighted by atomic mass is 9.72. The van der Waals surface area contributed by atoms with Crippen molar-refractivity contribution in [2.75, 3.05) is 0 Å². The fraction of sp³-hybridized carbons (Fsp3) is 0.333. The maximum atomic E-state index is 6.47. The molecule has 2 unspecified atom stereocenters. The second-order valence-corrected chi connectivity index (χ2v) is 5.92. The third kappa shape index (κ3) is 2.10. The van der Waals surface area contributed by atoms with Gasteiger partial charge in [0.25, 0.3) is 0 Å². The molecule has 0 aromatic heterocycles. The molecule has 0 aliphatic heterocycles. The molecule has 2 aromatic rings. The molecule has 0 saturated heterocycles. The molecule has 0 amide bonds. The van der Waals surface area contributed by atoms with Gasteiger partial charge in [-0.15, -0.1) is 0 Å². The first-order valence-corrected chi connectivity index (χ1v) is 7.41. The van der Waals surface area contributed by atoms with Crippen molar-refractivity contribution < 1.29 is 4.74 Å². The van der Waals surface area contributed by atoms with Crippen LogP contribution in [0.1, 0.15) is 41.5 Å². The molecule has 4 rings (SSSR count). The van der Waals surface area contributed by atoms with Gasteiger partial charge >= 0.3 is 0 Å². The number of nitrogens with two attached hydrogens (primary N) is 1. The number of hydrogen-bond acceptors (Lipinski definition) is 2. The van der Waals surface area contributed by atoms with E-state index in [0.29, 0.717) is 12.0 Å². The van der Waals surface area contributed by atoms with Crippen molar-refractivity contribution in [3.63, 3.8) is 0 Å². The second-order valence-electron chi connectivity index (χ2n) is 5.92. The van der Waals surface area contributed by atoms with Crippen LogP contribution in [0.2, 0.25) is 0 Å². The second kappa shape index (κ2) is 4.64. The quantitative estimate of drug-likeness (QED) is 0.917. The monoisotopic (exact) mass is 265 g/mol. The van der Waals surface area contributed by atoms with Crippen LogP contribution in [0.15, 0.2) is 48.5 Å². The summed E-state index contributed by atoms with van der Waals surface area (Å²) in [6, 6.07) is 17.0. The van der Waals surface area contributed by atoms with Crippen LogP contribution in [-0.4, -0.2) is 6.10 Å². The maximum absolute atomic E-state index is 6.47. The summed E-state index contributed by atoms with van der Waals surface area (Å²) in [5, 5.41) is 0. The van der Waals surface area contributed by atoms with E-state index in [1.54, 1.807) is 0 Å². The minimum atomic E-state index is 0.0626. The zero-order chi connectivity index (χ0) is 13.5. The number of ether oxygens (including phenoxy) is 1. The number of fused-ring (bicyclic) bond motifs is 1. The van der Waals surface area contributed by atoms with Crippen molar-refractivity contribution in [2.45, 2.75) is 37.3 Å². The fourth-order valence-electron chi connectivity index (χ4n) is 3.02. The van der Waals surface area contributed by atoms with E-state index in [1.165, 1.54) is 29.5 Å². The van der Waals surface area contributed by atoms with Gasteiger partial charge in [0.1, 0.15) is 5.75 Å². The topological polar surface area (TPSA) is 35.2 Å². The average molecular weight is 265 g/mol. The van der Waals surface area contributed by atoms with Gasteiger partial charge < -0.3 is 10.5 Å². The van der Waals surface area contributed by atoms with E-state index in [2.05, 4.69) is 42.5 Å². The summed E-state index contributed by atoms with van der Waals surface area (Å²) in [7, 11) is 0. The lowest BCUT2D eigenvalue weighted by Crippen LogP contribution is -2.28. The molecule has 102 valence electrons. The Labute approximate surface area is 119 Å². The van der Waals surface area contributed by atoms with Gasteiger partial charge in [0.05, 0.1) is 6.10 Å². The molecular formula is C18H19NO. The molecule has 2 heteroatoms. The molecule has 2 aliphatic rings. The summed E-state index contributed by atoms with van der Waals surface area (Å²) >= 11 is 0. The largest absolute Gasteiger partial charge is 0.490 e. The Hall–Kier alpha value is -1.80. The maximum Gasteiger partial charge on any atom is 0.120 e. The van der Waals surface area contributed by atoms with Crippen LogP contribution >= 0.6 is 0 Å². The van der Waals surface area contributed by atoms with Crippen molar-refractivity contribution in [3.05, 3.63) is 65.2 Å². The van der Waals surface area contributed by atoms with E-state index in [-0.39, 0.29) is 6.04 Å². The lowest BCUT2D eigenvalue weighted by molar-refractivity contribution is 0.302. The highest BCUT2D eigenvalue weighted by Gasteiger charge is 2.31. The first kappa shape index (κ1) is 12.0. The molecule has 2 atom stereocenters. The van der Waals surface area contributed by atoms with Gasteiger partial charge in [-0.25, -0.2) is 0 Å². The first-order valence-electron chi connectivity index (χ1n) is 7.41. The molecule has 20 heavy (non-hydrogen) atoms. The SMILES string of the molecule is NC(c1cccc(OC2CC2)c1)C1Cc2ccccc21. The van der Waals surface area contributed by atoms with Gasteiger partial charge in [-0.3, -0.25) is 0 Å². The molecule has 0 heterocycles. The molecule has 0 spiro atoms. The Morgan fingerprint density at radius 2 is 1.90 bits per heavy atom. The molecular weight excluding hydrogens is 246 g/mol. The van der Waals surface area contributed by atoms with Crippen LogP contribution in [0.25, 0.3) is 0 Å². The molecule has 0 radical (unpaired) electrons. The molecule has 2 N–H and O–H groups in total. The number of benzene rings is 2. The molecule has 1 fully saturated rings. The van der Waals surface area contributed by atoms with Gasteiger partial charge in [-0.2, -0.15) is 0 Å². The smallest absolute Gasteiger partial charge is 0.120 e. The molecule has 1 saturated carbocycles. The fourth-order valence-corrected chi connectivity index (χ4v) is 3.02. The summed E-state index contributed by atoms with van der Waals surface area (Å²) in [5.41, 5.74) is 10.5. The normalized spacial score (nSPS) is 21.8. The standard InChI is InChI=1S/C18H19NO/c19-18(17-11-12-4-1-2-7-16(12)17)13-5-3-6-15(10-13)20-14-8-9-14/h1-7,10,14,17-18H,8-9,11,19H2. The highest BCUT2D eigenvalue weighted by atomic mass is 16.5. The van der Waals surface area contributed by atoms with Crippen LogP contribution in [-0.2, 0) is 6.42 Å². The van der Waals surface area contributed by atoms with E-state index in [1.807, 2.05) is 6.07 Å². The Bertz CT molecular complexity index is 633. The third-order valence-electron chi connectivity index (χ3n) is 4.40. The van der Waals surface area contributed by atoms with Crippen molar-refractivity contribution in [1.29, 1.82) is 0 Å². The minimum absolute atomic E-state index is 0.0626. The van der Waals surface area contributed by atoms with Gasteiger partial charge in [0.2, 0.25) is 0 Å². The summed E-state index contributed by atoms with van der Waals surface area (Å²) < 4.78 is 5.86. The molecule has 2 aromatic carbocycles. The van der Waals surface area contributed by atoms with Crippen LogP contribution in [0.4, 0.5) is 0 Å². The van der Waals surface area contributed by atoms with E-state index in [0.717, 1.165) is 12.2 Å². The summed E-state index contributed by atoms with van der Waals surface area (Å²) in [6.45, 7) is 0. The van der Waals surface area contributed by atoms with Crippen LogP contribution in [0.5, 0.6) is 5.75 Å². The highest BCUT2D eigenvalue weighted by Crippen LogP contribution is 2.42. The van der Waals surface area contributed by atoms with Crippen LogP contribution < -0.4 is 10.5 Å². The molecule has 2 nitrogen and oxygen atoms in total. The summed E-state index contributed by atoms with van der Waals surface area (Å²) in [4.78, 5) is 0. The van der Waals surface area contributed by atoms with Gasteiger partial charge in [-0.1, -0.05) is 36.4 Å². The summed E-state index contributed by atoms with van der Waals surface area (Å²) in [6.07, 6.45) is 3.90. The third-order valence-corrected chi connectivity index (χ3v) is 4.40. The molecule has 2 aliphatic carbocycles. The molecule has 0 bridgehead atoms. The van der Waals surface area contributed by atoms with Crippen molar-refractivity contribution >= 4 is 0 Å². The number of hydrogen-bond donors (Lipinski definition) is 1. The van der Waals surface area contributed by atoms with Gasteiger partial charge in [-0.05, 0) is 48.1 Å². The van der Waals surface area contributed by atoms with Crippen LogP contribution in [0, 0.1) is 0 Å². The average Bonchev–Trinajstić information content (AvgIpc) is 3.24. The summed E-state index contributed by atoms with van der Waals surface area (Å²) in [5.74, 6) is 1.41. The van der Waals surface area contributed by atoms with E-state index < -0.39 is 0 Å². The van der Waals surface area contributed by atoms with Crippen molar-refractivity contribution in [1.82, 2.24) is 0 Å². The lowest BCUT2D eigenvalue weighted by Gasteiger charge is -2.35. The Balaban J connectivity index is 1.55. The predicted molar refractivity (Wildman–Crippen MR) is 79.9 cm³/mol. The Morgan fingerprint density at radius 3 is 2.70 bits per heavy atom. The van der Waals surface area contributed by atoms with Crippen molar-refractivity contribution in [2.24, 2.45) is 5.73 Å². The zero-order valence-electron chi connectivity index (χ0n) is 11.5. The number of rotatable bonds is 4. The van der Waals surface area contributed by atoms with E-state index >= 15 is 0 Å². The van der Waals surface area contributed by atoms with Gasteiger partial charge in [0, 0.05) is 12.0 Å². The Kier molecular flexibility index (Phi) is 2.78. The minimum Gasteiger partial charge on any atom is -0.490 e.